The molecule has 0 saturated heterocycles. The first kappa shape index (κ1) is 11.3. The van der Waals surface area contributed by atoms with Gasteiger partial charge in [-0.3, -0.25) is 0 Å². The fourth-order valence-electron chi connectivity index (χ4n) is 2.20. The van der Waals surface area contributed by atoms with Crippen molar-refractivity contribution in [2.24, 2.45) is 0 Å². The zero-order chi connectivity index (χ0) is 11.5. The van der Waals surface area contributed by atoms with Crippen molar-refractivity contribution < 1.29 is 4.74 Å². The van der Waals surface area contributed by atoms with Gasteiger partial charge in [-0.15, -0.1) is 0 Å². The lowest BCUT2D eigenvalue weighted by Crippen LogP contribution is -2.32. The molecule has 1 aromatic rings. The summed E-state index contributed by atoms with van der Waals surface area (Å²) in [7, 11) is 1.70. The highest BCUT2D eigenvalue weighted by Gasteiger charge is 2.20. The quantitative estimate of drug-likeness (QED) is 0.821. The first-order valence-corrected chi connectivity index (χ1v) is 5.88. The molecule has 0 fully saturated rings. The van der Waals surface area contributed by atoms with E-state index in [4.69, 9.17) is 4.74 Å². The Morgan fingerprint density at radius 1 is 1.44 bits per heavy atom. The maximum atomic E-state index is 5.24. The van der Waals surface area contributed by atoms with Crippen LogP contribution in [0.3, 0.4) is 0 Å². The van der Waals surface area contributed by atoms with Crippen molar-refractivity contribution in [1.82, 2.24) is 5.32 Å². The molecular weight excluding hydrogens is 200 g/mol. The fraction of sp³-hybridized carbons (Fsp3) is 0.538. The van der Waals surface area contributed by atoms with Crippen molar-refractivity contribution >= 4 is 5.69 Å². The SMILES string of the molecule is COc1ccc2c(c1)NCCC2NC(C)C. The molecule has 2 rings (SSSR count). The van der Waals surface area contributed by atoms with Gasteiger partial charge < -0.3 is 15.4 Å². The van der Waals surface area contributed by atoms with E-state index >= 15 is 0 Å². The van der Waals surface area contributed by atoms with Gasteiger partial charge in [-0.1, -0.05) is 19.9 Å². The normalized spacial score (nSPS) is 19.1. The molecule has 1 heterocycles. The van der Waals surface area contributed by atoms with Crippen LogP contribution in [0.1, 0.15) is 31.9 Å². The van der Waals surface area contributed by atoms with Crippen LogP contribution < -0.4 is 15.4 Å². The van der Waals surface area contributed by atoms with Crippen molar-refractivity contribution in [3.8, 4) is 5.75 Å². The number of benzene rings is 1. The summed E-state index contributed by atoms with van der Waals surface area (Å²) in [6, 6.07) is 7.23. The van der Waals surface area contributed by atoms with Gasteiger partial charge in [-0.25, -0.2) is 0 Å². The Hall–Kier alpha value is -1.22. The molecule has 0 bridgehead atoms. The summed E-state index contributed by atoms with van der Waals surface area (Å²) in [5, 5.41) is 7.02. The molecule has 1 unspecified atom stereocenters. The number of fused-ring (bicyclic) bond motifs is 1. The zero-order valence-corrected chi connectivity index (χ0v) is 10.2. The van der Waals surface area contributed by atoms with E-state index in [1.807, 2.05) is 6.07 Å². The van der Waals surface area contributed by atoms with Crippen LogP contribution in [0, 0.1) is 0 Å². The summed E-state index contributed by atoms with van der Waals surface area (Å²) in [6.07, 6.45) is 1.14. The van der Waals surface area contributed by atoms with Gasteiger partial charge in [0.1, 0.15) is 5.75 Å². The number of hydrogen-bond acceptors (Lipinski definition) is 3. The van der Waals surface area contributed by atoms with E-state index in [-0.39, 0.29) is 0 Å². The van der Waals surface area contributed by atoms with Gasteiger partial charge in [0.25, 0.3) is 0 Å². The molecule has 1 aromatic carbocycles. The van der Waals surface area contributed by atoms with E-state index in [0.717, 1.165) is 18.7 Å². The number of nitrogens with one attached hydrogen (secondary N) is 2. The van der Waals surface area contributed by atoms with Crippen molar-refractivity contribution in [3.63, 3.8) is 0 Å². The number of anilines is 1. The molecule has 0 aliphatic carbocycles. The van der Waals surface area contributed by atoms with Crippen LogP contribution >= 0.6 is 0 Å². The maximum Gasteiger partial charge on any atom is 0.120 e. The molecule has 0 aromatic heterocycles. The van der Waals surface area contributed by atoms with Gasteiger partial charge in [0.05, 0.1) is 7.11 Å². The molecule has 3 heteroatoms. The molecule has 3 nitrogen and oxygen atoms in total. The predicted molar refractivity (Wildman–Crippen MR) is 67.1 cm³/mol. The van der Waals surface area contributed by atoms with Crippen molar-refractivity contribution in [2.75, 3.05) is 19.0 Å². The van der Waals surface area contributed by atoms with Gasteiger partial charge in [-0.2, -0.15) is 0 Å². The van der Waals surface area contributed by atoms with Crippen LogP contribution in [0.25, 0.3) is 0 Å². The Bertz CT molecular complexity index is 363. The highest BCUT2D eigenvalue weighted by Crippen LogP contribution is 2.32. The van der Waals surface area contributed by atoms with Gasteiger partial charge in [0.2, 0.25) is 0 Å². The summed E-state index contributed by atoms with van der Waals surface area (Å²) in [6.45, 7) is 5.39. The smallest absolute Gasteiger partial charge is 0.120 e. The minimum Gasteiger partial charge on any atom is -0.497 e. The van der Waals surface area contributed by atoms with Crippen LogP contribution in [0.2, 0.25) is 0 Å². The molecular formula is C13H20N2O. The van der Waals surface area contributed by atoms with Gasteiger partial charge in [0, 0.05) is 30.4 Å². The van der Waals surface area contributed by atoms with Gasteiger partial charge in [0.15, 0.2) is 0 Å². The monoisotopic (exact) mass is 220 g/mol. The summed E-state index contributed by atoms with van der Waals surface area (Å²) < 4.78 is 5.24. The Morgan fingerprint density at radius 3 is 2.94 bits per heavy atom. The molecule has 1 atom stereocenters. The van der Waals surface area contributed by atoms with Gasteiger partial charge in [-0.05, 0) is 18.1 Å². The molecule has 1 aliphatic rings. The molecule has 0 spiro atoms. The van der Waals surface area contributed by atoms with E-state index in [1.165, 1.54) is 11.3 Å². The second-order valence-electron chi connectivity index (χ2n) is 4.54. The minimum atomic E-state index is 0.460. The van der Waals surface area contributed by atoms with Crippen molar-refractivity contribution in [3.05, 3.63) is 23.8 Å². The van der Waals surface area contributed by atoms with E-state index in [9.17, 15) is 0 Å². The highest BCUT2D eigenvalue weighted by molar-refractivity contribution is 5.58. The first-order chi connectivity index (χ1) is 7.70. The third-order valence-electron chi connectivity index (χ3n) is 2.92. The van der Waals surface area contributed by atoms with Crippen LogP contribution in [0.4, 0.5) is 5.69 Å². The fourth-order valence-corrected chi connectivity index (χ4v) is 2.20. The lowest BCUT2D eigenvalue weighted by molar-refractivity contribution is 0.413. The standard InChI is InChI=1S/C13H20N2O/c1-9(2)15-12-6-7-14-13-8-10(16-3)4-5-11(12)13/h4-5,8-9,12,14-15H,6-7H2,1-3H3. The Morgan fingerprint density at radius 2 is 2.25 bits per heavy atom. The van der Waals surface area contributed by atoms with E-state index < -0.39 is 0 Å². The summed E-state index contributed by atoms with van der Waals surface area (Å²) in [5.41, 5.74) is 2.55. The van der Waals surface area contributed by atoms with Crippen molar-refractivity contribution in [2.45, 2.75) is 32.4 Å². The summed E-state index contributed by atoms with van der Waals surface area (Å²) >= 11 is 0. The lowest BCUT2D eigenvalue weighted by atomic mass is 9.97. The molecule has 2 N–H and O–H groups in total. The molecule has 0 radical (unpaired) electrons. The number of ether oxygens (including phenoxy) is 1. The van der Waals surface area contributed by atoms with E-state index in [0.29, 0.717) is 12.1 Å². The van der Waals surface area contributed by atoms with Crippen molar-refractivity contribution in [1.29, 1.82) is 0 Å². The Kier molecular flexibility index (Phi) is 3.34. The van der Waals surface area contributed by atoms with E-state index in [2.05, 4.69) is 36.6 Å². The number of rotatable bonds is 3. The molecule has 1 aliphatic heterocycles. The lowest BCUT2D eigenvalue weighted by Gasteiger charge is -2.29. The molecule has 88 valence electrons. The van der Waals surface area contributed by atoms with Crippen LogP contribution in [0.15, 0.2) is 18.2 Å². The third-order valence-corrected chi connectivity index (χ3v) is 2.92. The largest absolute Gasteiger partial charge is 0.497 e. The topological polar surface area (TPSA) is 33.3 Å². The zero-order valence-electron chi connectivity index (χ0n) is 10.2. The summed E-state index contributed by atoms with van der Waals surface area (Å²) in [4.78, 5) is 0. The second kappa shape index (κ2) is 4.74. The van der Waals surface area contributed by atoms with Crippen LogP contribution in [-0.2, 0) is 0 Å². The number of hydrogen-bond donors (Lipinski definition) is 2. The highest BCUT2D eigenvalue weighted by atomic mass is 16.5. The molecule has 16 heavy (non-hydrogen) atoms. The molecule has 0 saturated carbocycles. The maximum absolute atomic E-state index is 5.24. The van der Waals surface area contributed by atoms with Gasteiger partial charge >= 0.3 is 0 Å². The minimum absolute atomic E-state index is 0.460. The third kappa shape index (κ3) is 2.30. The molecule has 0 amide bonds. The Labute approximate surface area is 97.2 Å². The first-order valence-electron chi connectivity index (χ1n) is 5.88. The van der Waals surface area contributed by atoms with Crippen LogP contribution in [-0.4, -0.2) is 19.7 Å². The van der Waals surface area contributed by atoms with E-state index in [1.54, 1.807) is 7.11 Å². The summed E-state index contributed by atoms with van der Waals surface area (Å²) in [5.74, 6) is 0.913. The predicted octanol–water partition coefficient (Wildman–Crippen LogP) is 2.55. The average Bonchev–Trinajstić information content (AvgIpc) is 2.28. The number of methoxy groups -OCH3 is 1. The Balaban J connectivity index is 2.25. The van der Waals surface area contributed by atoms with Crippen LogP contribution in [0.5, 0.6) is 5.75 Å². The second-order valence-corrected chi connectivity index (χ2v) is 4.54. The average molecular weight is 220 g/mol.